The second-order valence-electron chi connectivity index (χ2n) is 5.27. The number of sulfone groups is 1. The number of nitrogens with one attached hydrogen (secondary N) is 1. The Morgan fingerprint density at radius 1 is 1.12 bits per heavy atom. The predicted octanol–water partition coefficient (Wildman–Crippen LogP) is 3.44. The molecule has 7 nitrogen and oxygen atoms in total. The van der Waals surface area contributed by atoms with Crippen molar-refractivity contribution in [1.82, 2.24) is 10.2 Å². The van der Waals surface area contributed by atoms with Gasteiger partial charge in [0.25, 0.3) is 11.8 Å². The summed E-state index contributed by atoms with van der Waals surface area (Å²) in [6.45, 7) is 1.56. The number of rotatable bonds is 5. The third-order valence-electron chi connectivity index (χ3n) is 3.61. The molecule has 1 heterocycles. The number of hydrogen-bond donors (Lipinski definition) is 1. The van der Waals surface area contributed by atoms with Gasteiger partial charge >= 0.3 is 6.01 Å². The fraction of sp³-hybridized carbons (Fsp3) is 0.118. The van der Waals surface area contributed by atoms with E-state index in [0.29, 0.717) is 10.6 Å². The first-order valence-electron chi connectivity index (χ1n) is 7.63. The number of carbonyl (C=O) groups is 1. The van der Waals surface area contributed by atoms with Crippen molar-refractivity contribution in [1.29, 1.82) is 0 Å². The van der Waals surface area contributed by atoms with Gasteiger partial charge in [-0.2, -0.15) is 0 Å². The minimum atomic E-state index is -3.32. The van der Waals surface area contributed by atoms with Crippen LogP contribution in [0.25, 0.3) is 11.5 Å². The fourth-order valence-corrected chi connectivity index (χ4v) is 3.27. The van der Waals surface area contributed by atoms with Crippen molar-refractivity contribution >= 4 is 33.4 Å². The monoisotopic (exact) mass is 391 g/mol. The highest BCUT2D eigenvalue weighted by Crippen LogP contribution is 2.27. The van der Waals surface area contributed by atoms with Crippen molar-refractivity contribution in [2.45, 2.75) is 11.8 Å². The second-order valence-corrected chi connectivity index (χ2v) is 7.96. The topological polar surface area (TPSA) is 102 Å². The van der Waals surface area contributed by atoms with Crippen molar-refractivity contribution in [3.8, 4) is 11.5 Å². The molecule has 0 radical (unpaired) electrons. The molecule has 1 amide bonds. The summed E-state index contributed by atoms with van der Waals surface area (Å²) in [4.78, 5) is 12.4. The molecule has 0 fully saturated rings. The second kappa shape index (κ2) is 7.27. The maximum Gasteiger partial charge on any atom is 0.322 e. The molecule has 1 aromatic heterocycles. The lowest BCUT2D eigenvalue weighted by Gasteiger charge is -2.03. The zero-order chi connectivity index (χ0) is 18.7. The van der Waals surface area contributed by atoms with Gasteiger partial charge in [0.2, 0.25) is 0 Å². The average Bonchev–Trinajstić information content (AvgIpc) is 3.10. The van der Waals surface area contributed by atoms with Gasteiger partial charge in [0, 0.05) is 5.56 Å². The van der Waals surface area contributed by atoms with Gasteiger partial charge in [0.15, 0.2) is 9.84 Å². The van der Waals surface area contributed by atoms with E-state index in [1.807, 2.05) is 0 Å². The molecule has 0 bridgehead atoms. The van der Waals surface area contributed by atoms with E-state index in [2.05, 4.69) is 15.5 Å². The lowest BCUT2D eigenvalue weighted by Crippen LogP contribution is -2.12. The lowest BCUT2D eigenvalue weighted by molar-refractivity contribution is 0.102. The van der Waals surface area contributed by atoms with Crippen LogP contribution in [0.1, 0.15) is 17.3 Å². The molecule has 0 aliphatic carbocycles. The summed E-state index contributed by atoms with van der Waals surface area (Å²) in [7, 11) is -3.32. The van der Waals surface area contributed by atoms with Gasteiger partial charge in [0.1, 0.15) is 0 Å². The number of halogens is 1. The normalized spacial score (nSPS) is 11.3. The van der Waals surface area contributed by atoms with Gasteiger partial charge in [-0.1, -0.05) is 35.8 Å². The first-order valence-corrected chi connectivity index (χ1v) is 9.66. The summed E-state index contributed by atoms with van der Waals surface area (Å²) in [5, 5.41) is 10.5. The number of hydrogen-bond acceptors (Lipinski definition) is 6. The summed E-state index contributed by atoms with van der Waals surface area (Å²) in [6, 6.07) is 12.5. The molecule has 26 heavy (non-hydrogen) atoms. The van der Waals surface area contributed by atoms with Crippen LogP contribution < -0.4 is 5.32 Å². The van der Waals surface area contributed by atoms with Gasteiger partial charge < -0.3 is 4.42 Å². The fourth-order valence-electron chi connectivity index (χ4n) is 2.17. The minimum Gasteiger partial charge on any atom is -0.403 e. The van der Waals surface area contributed by atoms with Crippen molar-refractivity contribution in [2.75, 3.05) is 11.1 Å². The maximum atomic E-state index is 12.2. The third-order valence-corrected chi connectivity index (χ3v) is 5.69. The Bertz CT molecular complexity index is 1050. The Labute approximate surface area is 154 Å². The first kappa shape index (κ1) is 18.1. The Kier molecular flexibility index (Phi) is 5.06. The minimum absolute atomic E-state index is 0.00858. The Balaban J connectivity index is 1.76. The van der Waals surface area contributed by atoms with Gasteiger partial charge in [-0.15, -0.1) is 5.10 Å². The largest absolute Gasteiger partial charge is 0.403 e. The summed E-state index contributed by atoms with van der Waals surface area (Å²) >= 11 is 6.07. The molecule has 0 unspecified atom stereocenters. The standard InChI is InChI=1S/C17H14ClN3O4S/c1-2-26(23,24)12-9-7-11(8-10-12)15(22)19-17-21-20-16(25-17)13-5-3-4-6-14(13)18/h3-10H,2H2,1H3,(H,19,21,22). The van der Waals surface area contributed by atoms with Gasteiger partial charge in [-0.05, 0) is 36.4 Å². The van der Waals surface area contributed by atoms with Crippen molar-refractivity contribution in [2.24, 2.45) is 0 Å². The number of aromatic nitrogens is 2. The summed E-state index contributed by atoms with van der Waals surface area (Å²) < 4.78 is 29.0. The summed E-state index contributed by atoms with van der Waals surface area (Å²) in [5.41, 5.74) is 0.814. The van der Waals surface area contributed by atoms with E-state index < -0.39 is 15.7 Å². The van der Waals surface area contributed by atoms with Crippen molar-refractivity contribution in [3.05, 3.63) is 59.1 Å². The molecular weight excluding hydrogens is 378 g/mol. The van der Waals surface area contributed by atoms with Crippen molar-refractivity contribution < 1.29 is 17.6 Å². The van der Waals surface area contributed by atoms with E-state index in [9.17, 15) is 13.2 Å². The van der Waals surface area contributed by atoms with E-state index in [0.717, 1.165) is 0 Å². The Morgan fingerprint density at radius 3 is 2.46 bits per heavy atom. The van der Waals surface area contributed by atoms with Crippen LogP contribution in [0.5, 0.6) is 0 Å². The molecule has 3 rings (SSSR count). The van der Waals surface area contributed by atoms with Gasteiger partial charge in [-0.25, -0.2) is 8.42 Å². The molecule has 0 spiro atoms. The van der Waals surface area contributed by atoms with Crippen LogP contribution in [0.15, 0.2) is 57.8 Å². The van der Waals surface area contributed by atoms with Crippen LogP contribution in [-0.4, -0.2) is 30.3 Å². The molecule has 134 valence electrons. The van der Waals surface area contributed by atoms with E-state index in [1.165, 1.54) is 24.3 Å². The molecule has 3 aromatic rings. The molecule has 1 N–H and O–H groups in total. The van der Waals surface area contributed by atoms with E-state index >= 15 is 0 Å². The number of anilines is 1. The first-order chi connectivity index (χ1) is 12.4. The zero-order valence-corrected chi connectivity index (χ0v) is 15.2. The number of amides is 1. The smallest absolute Gasteiger partial charge is 0.322 e. The van der Waals surface area contributed by atoms with Gasteiger partial charge in [0.05, 0.1) is 21.2 Å². The Morgan fingerprint density at radius 2 is 1.81 bits per heavy atom. The lowest BCUT2D eigenvalue weighted by atomic mass is 10.2. The zero-order valence-electron chi connectivity index (χ0n) is 13.6. The van der Waals surface area contributed by atoms with Crippen LogP contribution in [0.2, 0.25) is 5.02 Å². The van der Waals surface area contributed by atoms with Crippen LogP contribution in [0.3, 0.4) is 0 Å². The highest BCUT2D eigenvalue weighted by Gasteiger charge is 2.16. The molecular formula is C17H14ClN3O4S. The number of nitrogens with zero attached hydrogens (tertiary/aromatic N) is 2. The van der Waals surface area contributed by atoms with E-state index in [-0.39, 0.29) is 28.1 Å². The molecule has 0 aliphatic heterocycles. The van der Waals surface area contributed by atoms with Crippen LogP contribution >= 0.6 is 11.6 Å². The molecule has 9 heteroatoms. The van der Waals surface area contributed by atoms with Crippen LogP contribution in [0.4, 0.5) is 6.01 Å². The summed E-state index contributed by atoms with van der Waals surface area (Å²) in [6.07, 6.45) is 0. The third kappa shape index (κ3) is 3.76. The highest BCUT2D eigenvalue weighted by molar-refractivity contribution is 7.91. The quantitative estimate of drug-likeness (QED) is 0.714. The average molecular weight is 392 g/mol. The van der Waals surface area contributed by atoms with E-state index in [4.69, 9.17) is 16.0 Å². The van der Waals surface area contributed by atoms with E-state index in [1.54, 1.807) is 31.2 Å². The predicted molar refractivity (Wildman–Crippen MR) is 96.9 cm³/mol. The van der Waals surface area contributed by atoms with Crippen LogP contribution in [0, 0.1) is 0 Å². The maximum absolute atomic E-state index is 12.2. The Hall–Kier alpha value is -2.71. The molecule has 0 atom stereocenters. The van der Waals surface area contributed by atoms with Crippen molar-refractivity contribution in [3.63, 3.8) is 0 Å². The summed E-state index contributed by atoms with van der Waals surface area (Å²) in [5.74, 6) is -0.333. The molecule has 0 saturated heterocycles. The van der Waals surface area contributed by atoms with Crippen LogP contribution in [-0.2, 0) is 9.84 Å². The molecule has 2 aromatic carbocycles. The van der Waals surface area contributed by atoms with Gasteiger partial charge in [-0.3, -0.25) is 10.1 Å². The SMILES string of the molecule is CCS(=O)(=O)c1ccc(C(=O)Nc2nnc(-c3ccccc3Cl)o2)cc1. The number of benzene rings is 2. The molecule has 0 aliphatic rings. The highest BCUT2D eigenvalue weighted by atomic mass is 35.5. The number of carbonyl (C=O) groups excluding carboxylic acids is 1. The molecule has 0 saturated carbocycles.